The Morgan fingerprint density at radius 3 is 2.46 bits per heavy atom. The summed E-state index contributed by atoms with van der Waals surface area (Å²) in [5.41, 5.74) is 1.52. The highest BCUT2D eigenvalue weighted by Crippen LogP contribution is 2.20. The van der Waals surface area contributed by atoms with E-state index in [1.165, 1.54) is 4.88 Å². The molecular formula is C18H27FIN5S. The minimum absolute atomic E-state index is 0. The van der Waals surface area contributed by atoms with E-state index in [4.69, 9.17) is 0 Å². The molecular weight excluding hydrogens is 464 g/mol. The van der Waals surface area contributed by atoms with Gasteiger partial charge in [0.1, 0.15) is 10.8 Å². The van der Waals surface area contributed by atoms with Crippen LogP contribution in [-0.4, -0.2) is 31.1 Å². The number of benzene rings is 1. The molecule has 0 saturated heterocycles. The van der Waals surface area contributed by atoms with E-state index in [-0.39, 0.29) is 29.8 Å². The number of guanidine groups is 1. The van der Waals surface area contributed by atoms with Crippen LogP contribution in [0.4, 0.5) is 10.1 Å². The van der Waals surface area contributed by atoms with Gasteiger partial charge in [-0.05, 0) is 38.5 Å². The number of aromatic nitrogens is 1. The zero-order valence-corrected chi connectivity index (χ0v) is 18.8. The van der Waals surface area contributed by atoms with Crippen molar-refractivity contribution in [2.24, 2.45) is 4.99 Å². The van der Waals surface area contributed by atoms with Gasteiger partial charge in [-0.3, -0.25) is 4.99 Å². The molecule has 5 nitrogen and oxygen atoms in total. The van der Waals surface area contributed by atoms with E-state index in [2.05, 4.69) is 20.6 Å². The molecule has 2 aromatic rings. The fourth-order valence-corrected chi connectivity index (χ4v) is 3.26. The van der Waals surface area contributed by atoms with Crippen LogP contribution in [0.25, 0.3) is 0 Å². The maximum atomic E-state index is 14.3. The minimum Gasteiger partial charge on any atom is -0.370 e. The molecule has 0 atom stereocenters. The quantitative estimate of drug-likeness (QED) is 0.350. The highest BCUT2D eigenvalue weighted by molar-refractivity contribution is 14.0. The molecule has 0 radical (unpaired) electrons. The van der Waals surface area contributed by atoms with Gasteiger partial charge >= 0.3 is 0 Å². The topological polar surface area (TPSA) is 52.5 Å². The highest BCUT2D eigenvalue weighted by Gasteiger charge is 2.09. The average Bonchev–Trinajstić information content (AvgIpc) is 3.03. The van der Waals surface area contributed by atoms with Crippen LogP contribution >= 0.6 is 35.3 Å². The third-order valence-corrected chi connectivity index (χ3v) is 4.79. The van der Waals surface area contributed by atoms with E-state index in [1.807, 2.05) is 44.0 Å². The molecule has 2 N–H and O–H groups in total. The van der Waals surface area contributed by atoms with E-state index in [0.717, 1.165) is 23.7 Å². The summed E-state index contributed by atoms with van der Waals surface area (Å²) >= 11 is 1.65. The monoisotopic (exact) mass is 491 g/mol. The average molecular weight is 491 g/mol. The molecule has 8 heteroatoms. The van der Waals surface area contributed by atoms with Crippen LogP contribution in [0.3, 0.4) is 0 Å². The van der Waals surface area contributed by atoms with Crippen LogP contribution < -0.4 is 15.5 Å². The number of halogens is 2. The summed E-state index contributed by atoms with van der Waals surface area (Å²) in [5, 5.41) is 7.43. The number of hydrogen-bond donors (Lipinski definition) is 2. The number of aliphatic imine (C=N–C) groups is 1. The van der Waals surface area contributed by atoms with E-state index in [9.17, 15) is 4.39 Å². The van der Waals surface area contributed by atoms with Crippen molar-refractivity contribution < 1.29 is 4.39 Å². The first-order valence-corrected chi connectivity index (χ1v) is 9.28. The van der Waals surface area contributed by atoms with Crippen LogP contribution in [0.1, 0.15) is 29.3 Å². The molecule has 0 fully saturated rings. The van der Waals surface area contributed by atoms with Crippen LogP contribution in [0.2, 0.25) is 0 Å². The highest BCUT2D eigenvalue weighted by atomic mass is 127. The Labute approximate surface area is 176 Å². The second-order valence-corrected chi connectivity index (χ2v) is 6.92. The molecule has 2 rings (SSSR count). The summed E-state index contributed by atoms with van der Waals surface area (Å²) in [4.78, 5) is 11.7. The molecule has 1 aromatic heterocycles. The Morgan fingerprint density at radius 1 is 1.23 bits per heavy atom. The number of rotatable bonds is 7. The van der Waals surface area contributed by atoms with Crippen LogP contribution in [0, 0.1) is 12.7 Å². The summed E-state index contributed by atoms with van der Waals surface area (Å²) in [7, 11) is 1.71. The first-order valence-electron chi connectivity index (χ1n) is 8.46. The zero-order valence-electron chi connectivity index (χ0n) is 15.7. The third-order valence-electron chi connectivity index (χ3n) is 3.88. The molecule has 0 unspecified atom stereocenters. The van der Waals surface area contributed by atoms with E-state index >= 15 is 0 Å². The molecule has 0 amide bonds. The lowest BCUT2D eigenvalue weighted by Crippen LogP contribution is -2.36. The summed E-state index contributed by atoms with van der Waals surface area (Å²) in [6.45, 7) is 8.79. The van der Waals surface area contributed by atoms with Crippen molar-refractivity contribution in [1.82, 2.24) is 15.6 Å². The molecule has 0 aliphatic heterocycles. The molecule has 26 heavy (non-hydrogen) atoms. The number of anilines is 1. The maximum absolute atomic E-state index is 14.3. The van der Waals surface area contributed by atoms with Crippen molar-refractivity contribution in [2.75, 3.05) is 25.0 Å². The lowest BCUT2D eigenvalue weighted by Gasteiger charge is -2.22. The van der Waals surface area contributed by atoms with Gasteiger partial charge in [-0.25, -0.2) is 9.37 Å². The minimum atomic E-state index is -0.191. The predicted molar refractivity (Wildman–Crippen MR) is 119 cm³/mol. The van der Waals surface area contributed by atoms with Crippen molar-refractivity contribution in [1.29, 1.82) is 0 Å². The molecule has 0 aliphatic carbocycles. The second-order valence-electron chi connectivity index (χ2n) is 5.60. The zero-order chi connectivity index (χ0) is 18.2. The van der Waals surface area contributed by atoms with E-state index in [1.54, 1.807) is 24.5 Å². The summed E-state index contributed by atoms with van der Waals surface area (Å²) < 4.78 is 14.3. The van der Waals surface area contributed by atoms with Gasteiger partial charge in [0.05, 0.1) is 12.2 Å². The first kappa shape index (κ1) is 22.6. The number of thiazole rings is 1. The fraction of sp³-hybridized carbons (Fsp3) is 0.444. The normalized spacial score (nSPS) is 11.0. The molecule has 1 heterocycles. The third kappa shape index (κ3) is 6.39. The van der Waals surface area contributed by atoms with Gasteiger partial charge in [0.15, 0.2) is 5.96 Å². The van der Waals surface area contributed by atoms with Gasteiger partial charge in [0.2, 0.25) is 0 Å². The molecule has 0 bridgehead atoms. The fourth-order valence-electron chi connectivity index (χ4n) is 2.53. The van der Waals surface area contributed by atoms with Crippen molar-refractivity contribution in [3.8, 4) is 0 Å². The second kappa shape index (κ2) is 11.3. The summed E-state index contributed by atoms with van der Waals surface area (Å²) in [6.07, 6.45) is 1.86. The van der Waals surface area contributed by atoms with Crippen molar-refractivity contribution in [3.63, 3.8) is 0 Å². The summed E-state index contributed by atoms with van der Waals surface area (Å²) in [5.74, 6) is 0.477. The Hall–Kier alpha value is -1.42. The van der Waals surface area contributed by atoms with Crippen LogP contribution in [0.15, 0.2) is 29.4 Å². The van der Waals surface area contributed by atoms with Crippen LogP contribution in [-0.2, 0) is 13.1 Å². The lowest BCUT2D eigenvalue weighted by molar-refractivity contribution is 0.617. The van der Waals surface area contributed by atoms with E-state index in [0.29, 0.717) is 24.7 Å². The smallest absolute Gasteiger partial charge is 0.191 e. The van der Waals surface area contributed by atoms with Gasteiger partial charge in [-0.1, -0.05) is 6.07 Å². The Morgan fingerprint density at radius 2 is 1.92 bits per heavy atom. The Bertz CT molecular complexity index is 715. The van der Waals surface area contributed by atoms with Gasteiger partial charge in [-0.15, -0.1) is 35.3 Å². The number of aryl methyl sites for hydroxylation is 1. The van der Waals surface area contributed by atoms with Crippen LogP contribution in [0.5, 0.6) is 0 Å². The van der Waals surface area contributed by atoms with Crippen molar-refractivity contribution >= 4 is 47.0 Å². The largest absolute Gasteiger partial charge is 0.370 e. The summed E-state index contributed by atoms with van der Waals surface area (Å²) in [6, 6.07) is 5.37. The molecule has 0 saturated carbocycles. The van der Waals surface area contributed by atoms with Crippen molar-refractivity contribution in [2.45, 2.75) is 33.9 Å². The van der Waals surface area contributed by atoms with Gasteiger partial charge < -0.3 is 15.5 Å². The van der Waals surface area contributed by atoms with Gasteiger partial charge in [0.25, 0.3) is 0 Å². The predicted octanol–water partition coefficient (Wildman–Crippen LogP) is 3.92. The standard InChI is InChI=1S/C18H26FN5S.HI/c1-5-24(6-2)16-8-7-14(9-15(16)19)11-22-18(20-4)23-12-17-21-10-13(3)25-17;/h7-10H,5-6,11-12H2,1-4H3,(H2,20,22,23);1H. The van der Waals surface area contributed by atoms with Gasteiger partial charge in [0, 0.05) is 37.8 Å². The maximum Gasteiger partial charge on any atom is 0.191 e. The first-order chi connectivity index (χ1) is 12.1. The molecule has 0 aliphatic rings. The number of nitrogens with one attached hydrogen (secondary N) is 2. The number of hydrogen-bond acceptors (Lipinski definition) is 4. The van der Waals surface area contributed by atoms with Crippen molar-refractivity contribution in [3.05, 3.63) is 45.7 Å². The molecule has 0 spiro atoms. The Kier molecular flexibility index (Phi) is 9.85. The number of nitrogens with zero attached hydrogens (tertiary/aromatic N) is 3. The SMILES string of the molecule is CCN(CC)c1ccc(CNC(=NC)NCc2ncc(C)s2)cc1F.I. The Balaban J connectivity index is 0.00000338. The molecule has 144 valence electrons. The molecule has 1 aromatic carbocycles. The lowest BCUT2D eigenvalue weighted by atomic mass is 10.2. The van der Waals surface area contributed by atoms with Gasteiger partial charge in [-0.2, -0.15) is 0 Å². The van der Waals surface area contributed by atoms with E-state index < -0.39 is 0 Å².